The summed E-state index contributed by atoms with van der Waals surface area (Å²) in [6.45, 7) is 1.27. The fourth-order valence-corrected chi connectivity index (χ4v) is 3.25. The second kappa shape index (κ2) is 8.00. The minimum atomic E-state index is -1.20. The molecule has 0 aliphatic heterocycles. The lowest BCUT2D eigenvalue weighted by atomic mass is 10.1. The van der Waals surface area contributed by atoms with Gasteiger partial charge in [-0.05, 0) is 42.0 Å². The zero-order valence-corrected chi connectivity index (χ0v) is 16.1. The molecular weight excluding hydrogens is 380 g/mol. The summed E-state index contributed by atoms with van der Waals surface area (Å²) in [5.41, 5.74) is 4.18. The third-order valence-corrected chi connectivity index (χ3v) is 4.56. The quantitative estimate of drug-likeness (QED) is 0.500. The number of carbonyl (C=O) groups excluding carboxylic acids is 1. The van der Waals surface area contributed by atoms with E-state index in [2.05, 4.69) is 15.3 Å². The van der Waals surface area contributed by atoms with Crippen molar-refractivity contribution < 1.29 is 14.7 Å². The standard InChI is InChI=1S/C23H18N4O3/c1-15(28)26-21(23(29)30)12-16-6-8-18(9-7-16)27-14-20(17-4-2-10-24-13-17)19-5-3-11-25-22(19)27/h2-14H,1H3,(H,26,28)(H,29,30)/b21-12-. The van der Waals surface area contributed by atoms with E-state index in [1.165, 1.54) is 13.0 Å². The minimum Gasteiger partial charge on any atom is -0.477 e. The van der Waals surface area contributed by atoms with Gasteiger partial charge in [0.15, 0.2) is 0 Å². The highest BCUT2D eigenvalue weighted by Crippen LogP contribution is 2.31. The number of carbonyl (C=O) groups is 2. The van der Waals surface area contributed by atoms with Crippen LogP contribution in [0.2, 0.25) is 0 Å². The Morgan fingerprint density at radius 2 is 1.83 bits per heavy atom. The first kappa shape index (κ1) is 19.1. The van der Waals surface area contributed by atoms with Gasteiger partial charge in [-0.1, -0.05) is 18.2 Å². The van der Waals surface area contributed by atoms with Crippen LogP contribution in [-0.2, 0) is 9.59 Å². The molecule has 7 nitrogen and oxygen atoms in total. The molecule has 4 aromatic rings. The Bertz CT molecular complexity index is 1260. The van der Waals surface area contributed by atoms with Crippen LogP contribution in [0.25, 0.3) is 33.9 Å². The smallest absolute Gasteiger partial charge is 0.352 e. The van der Waals surface area contributed by atoms with Crippen molar-refractivity contribution in [1.82, 2.24) is 19.9 Å². The Morgan fingerprint density at radius 1 is 1.07 bits per heavy atom. The van der Waals surface area contributed by atoms with Gasteiger partial charge in [0.1, 0.15) is 11.3 Å². The van der Waals surface area contributed by atoms with Gasteiger partial charge in [0.25, 0.3) is 0 Å². The summed E-state index contributed by atoms with van der Waals surface area (Å²) in [5.74, 6) is -1.64. The van der Waals surface area contributed by atoms with Crippen LogP contribution >= 0.6 is 0 Å². The van der Waals surface area contributed by atoms with Crippen molar-refractivity contribution in [3.8, 4) is 16.8 Å². The number of hydrogen-bond donors (Lipinski definition) is 2. The van der Waals surface area contributed by atoms with Crippen LogP contribution in [0.1, 0.15) is 12.5 Å². The van der Waals surface area contributed by atoms with Crippen LogP contribution in [0.5, 0.6) is 0 Å². The molecule has 7 heteroatoms. The van der Waals surface area contributed by atoms with Gasteiger partial charge in [0.05, 0.1) is 0 Å². The zero-order valence-electron chi connectivity index (χ0n) is 16.1. The number of amides is 1. The number of pyridine rings is 2. The largest absolute Gasteiger partial charge is 0.477 e. The molecule has 2 N–H and O–H groups in total. The van der Waals surface area contributed by atoms with Crippen molar-refractivity contribution in [3.63, 3.8) is 0 Å². The first-order valence-corrected chi connectivity index (χ1v) is 9.22. The summed E-state index contributed by atoms with van der Waals surface area (Å²) in [6, 6.07) is 15.1. The number of hydrogen-bond acceptors (Lipinski definition) is 4. The molecule has 3 heterocycles. The molecular formula is C23H18N4O3. The molecule has 148 valence electrons. The number of aromatic nitrogens is 3. The van der Waals surface area contributed by atoms with Crippen LogP contribution in [0.3, 0.4) is 0 Å². The van der Waals surface area contributed by atoms with E-state index in [1.807, 2.05) is 53.4 Å². The molecule has 0 bridgehead atoms. The Labute approximate surface area is 172 Å². The van der Waals surface area contributed by atoms with Crippen molar-refractivity contribution >= 4 is 29.0 Å². The molecule has 0 saturated carbocycles. The predicted molar refractivity (Wildman–Crippen MR) is 114 cm³/mol. The normalized spacial score (nSPS) is 11.4. The highest BCUT2D eigenvalue weighted by molar-refractivity contribution is 5.96. The van der Waals surface area contributed by atoms with Crippen LogP contribution in [0.4, 0.5) is 0 Å². The summed E-state index contributed by atoms with van der Waals surface area (Å²) >= 11 is 0. The van der Waals surface area contributed by atoms with E-state index in [-0.39, 0.29) is 5.70 Å². The lowest BCUT2D eigenvalue weighted by molar-refractivity contribution is -0.134. The fraction of sp³-hybridized carbons (Fsp3) is 0.0435. The van der Waals surface area contributed by atoms with Gasteiger partial charge < -0.3 is 15.0 Å². The molecule has 0 aliphatic carbocycles. The first-order valence-electron chi connectivity index (χ1n) is 9.22. The number of aliphatic carboxylic acids is 1. The molecule has 0 atom stereocenters. The van der Waals surface area contributed by atoms with E-state index >= 15 is 0 Å². The van der Waals surface area contributed by atoms with Crippen molar-refractivity contribution in [2.75, 3.05) is 0 Å². The van der Waals surface area contributed by atoms with E-state index < -0.39 is 11.9 Å². The summed E-state index contributed by atoms with van der Waals surface area (Å²) in [4.78, 5) is 31.3. The Morgan fingerprint density at radius 3 is 2.50 bits per heavy atom. The Balaban J connectivity index is 1.75. The zero-order chi connectivity index (χ0) is 21.1. The van der Waals surface area contributed by atoms with Gasteiger partial charge in [-0.3, -0.25) is 9.78 Å². The van der Waals surface area contributed by atoms with E-state index in [1.54, 1.807) is 24.5 Å². The van der Waals surface area contributed by atoms with Gasteiger partial charge in [-0.2, -0.15) is 0 Å². The maximum absolute atomic E-state index is 11.3. The van der Waals surface area contributed by atoms with Crippen LogP contribution in [-0.4, -0.2) is 31.5 Å². The van der Waals surface area contributed by atoms with E-state index in [4.69, 9.17) is 0 Å². The topological polar surface area (TPSA) is 97.1 Å². The molecule has 0 unspecified atom stereocenters. The molecule has 0 aliphatic rings. The second-order valence-electron chi connectivity index (χ2n) is 6.66. The number of carboxylic acids is 1. The van der Waals surface area contributed by atoms with E-state index in [9.17, 15) is 14.7 Å². The number of nitrogens with one attached hydrogen (secondary N) is 1. The predicted octanol–water partition coefficient (Wildman–Crippen LogP) is 3.65. The highest BCUT2D eigenvalue weighted by atomic mass is 16.4. The fourth-order valence-electron chi connectivity index (χ4n) is 3.25. The number of carboxylic acid groups (broad SMARTS) is 1. The maximum Gasteiger partial charge on any atom is 0.352 e. The average Bonchev–Trinajstić information content (AvgIpc) is 3.14. The van der Waals surface area contributed by atoms with E-state index in [0.717, 1.165) is 27.8 Å². The van der Waals surface area contributed by atoms with Gasteiger partial charge in [-0.15, -0.1) is 0 Å². The minimum absolute atomic E-state index is 0.179. The molecule has 0 saturated heterocycles. The molecule has 1 aromatic carbocycles. The summed E-state index contributed by atoms with van der Waals surface area (Å²) in [6.07, 6.45) is 8.73. The van der Waals surface area contributed by atoms with Crippen molar-refractivity contribution in [2.24, 2.45) is 0 Å². The van der Waals surface area contributed by atoms with Crippen LogP contribution < -0.4 is 5.32 Å². The first-order chi connectivity index (χ1) is 14.5. The average molecular weight is 398 g/mol. The number of fused-ring (bicyclic) bond motifs is 1. The van der Waals surface area contributed by atoms with Gasteiger partial charge >= 0.3 is 5.97 Å². The number of benzene rings is 1. The highest BCUT2D eigenvalue weighted by Gasteiger charge is 2.13. The van der Waals surface area contributed by atoms with Gasteiger partial charge in [0.2, 0.25) is 5.91 Å². The Kier molecular flexibility index (Phi) is 5.09. The van der Waals surface area contributed by atoms with Gasteiger partial charge in [0, 0.05) is 53.9 Å². The van der Waals surface area contributed by atoms with E-state index in [0.29, 0.717) is 5.56 Å². The Hall–Kier alpha value is -4.26. The SMILES string of the molecule is CC(=O)N/C(=C\c1ccc(-n2cc(-c3cccnc3)c3cccnc32)cc1)C(=O)O. The maximum atomic E-state index is 11.3. The third-order valence-electron chi connectivity index (χ3n) is 4.56. The molecule has 3 aromatic heterocycles. The van der Waals surface area contributed by atoms with Crippen LogP contribution in [0.15, 0.2) is 79.0 Å². The molecule has 1 amide bonds. The van der Waals surface area contributed by atoms with Crippen molar-refractivity contribution in [3.05, 3.63) is 84.6 Å². The lowest BCUT2D eigenvalue weighted by Crippen LogP contribution is -2.24. The molecule has 4 rings (SSSR count). The third kappa shape index (κ3) is 3.81. The number of rotatable bonds is 5. The summed E-state index contributed by atoms with van der Waals surface area (Å²) < 4.78 is 1.98. The monoisotopic (exact) mass is 398 g/mol. The van der Waals surface area contributed by atoms with Crippen molar-refractivity contribution in [2.45, 2.75) is 6.92 Å². The van der Waals surface area contributed by atoms with Crippen molar-refractivity contribution in [1.29, 1.82) is 0 Å². The lowest BCUT2D eigenvalue weighted by Gasteiger charge is -2.06. The second-order valence-corrected chi connectivity index (χ2v) is 6.66. The molecule has 30 heavy (non-hydrogen) atoms. The van der Waals surface area contributed by atoms with Gasteiger partial charge in [-0.25, -0.2) is 9.78 Å². The molecule has 0 fully saturated rings. The summed E-state index contributed by atoms with van der Waals surface area (Å²) in [5, 5.41) is 12.6. The number of nitrogens with zero attached hydrogens (tertiary/aromatic N) is 3. The summed E-state index contributed by atoms with van der Waals surface area (Å²) in [7, 11) is 0. The molecule has 0 spiro atoms. The van der Waals surface area contributed by atoms with Crippen LogP contribution in [0, 0.1) is 0 Å². The molecule has 0 radical (unpaired) electrons.